The highest BCUT2D eigenvalue weighted by Gasteiger charge is 2.34. The van der Waals surface area contributed by atoms with E-state index >= 15 is 0 Å². The molecule has 218 valence electrons. The van der Waals surface area contributed by atoms with Gasteiger partial charge in [-0.2, -0.15) is 15.4 Å². The summed E-state index contributed by atoms with van der Waals surface area (Å²) >= 11 is 0. The van der Waals surface area contributed by atoms with Crippen molar-refractivity contribution < 1.29 is 9.90 Å². The molecule has 6 heteroatoms. The number of hydrogen-bond donors (Lipinski definition) is 1. The third-order valence-corrected chi connectivity index (χ3v) is 12.6. The number of aromatic amines is 1. The number of carbonyl (C=O) groups is 1. The molecular weight excluding hydrogens is 477 g/mol. The van der Waals surface area contributed by atoms with Crippen molar-refractivity contribution in [2.24, 2.45) is 0 Å². The SMILES string of the molecule is CCCCCCCCCC[P+](CCCCCC)(CCCCCC)CCCCCC.O=C([O-])c1cn[nH]n1. The Hall–Kier alpha value is -0.960. The summed E-state index contributed by atoms with van der Waals surface area (Å²) < 4.78 is 0. The molecule has 37 heavy (non-hydrogen) atoms. The van der Waals surface area contributed by atoms with Gasteiger partial charge >= 0.3 is 0 Å². The van der Waals surface area contributed by atoms with Crippen LogP contribution >= 0.6 is 7.26 Å². The highest BCUT2D eigenvalue weighted by Crippen LogP contribution is 2.61. The largest absolute Gasteiger partial charge is 0.543 e. The first kappa shape index (κ1) is 36.0. The van der Waals surface area contributed by atoms with Gasteiger partial charge in [0.2, 0.25) is 0 Å². The molecule has 0 bridgehead atoms. The van der Waals surface area contributed by atoms with Crippen LogP contribution in [0.25, 0.3) is 0 Å². The summed E-state index contributed by atoms with van der Waals surface area (Å²) in [5.74, 6) is -1.32. The van der Waals surface area contributed by atoms with Gasteiger partial charge in [0, 0.05) is 7.26 Å². The van der Waals surface area contributed by atoms with Crippen LogP contribution in [0.2, 0.25) is 0 Å². The smallest absolute Gasteiger partial charge is 0.128 e. The maximum atomic E-state index is 9.83. The maximum absolute atomic E-state index is 9.83. The van der Waals surface area contributed by atoms with E-state index in [-0.39, 0.29) is 5.69 Å². The van der Waals surface area contributed by atoms with Crippen molar-refractivity contribution in [3.05, 3.63) is 11.9 Å². The van der Waals surface area contributed by atoms with Gasteiger partial charge in [0.25, 0.3) is 0 Å². The molecule has 5 nitrogen and oxygen atoms in total. The zero-order valence-corrected chi connectivity index (χ0v) is 26.1. The number of H-pyrrole nitrogens is 1. The van der Waals surface area contributed by atoms with Gasteiger partial charge in [0.05, 0.1) is 36.8 Å². The average Bonchev–Trinajstić information content (AvgIpc) is 3.45. The standard InChI is InChI=1S/C28H60P.C3H3N3O2/c1-5-9-13-17-18-19-20-24-28-29(25-21-14-10-6-2,26-22-15-11-7-3)27-23-16-12-8-4;7-3(8)2-1-4-6-5-2/h5-28H2,1-4H3;1H,(H,7,8)(H,4,5,6)/q+1;/p-1. The lowest BCUT2D eigenvalue weighted by Gasteiger charge is -2.28. The molecule has 1 heterocycles. The van der Waals surface area contributed by atoms with Gasteiger partial charge in [-0.15, -0.1) is 0 Å². The molecule has 0 amide bonds. The van der Waals surface area contributed by atoms with Gasteiger partial charge in [-0.25, -0.2) is 0 Å². The summed E-state index contributed by atoms with van der Waals surface area (Å²) in [6.45, 7) is 9.40. The Bertz CT molecular complexity index is 564. The molecule has 0 aliphatic heterocycles. The lowest BCUT2D eigenvalue weighted by molar-refractivity contribution is -0.255. The molecule has 0 atom stereocenters. The number of unbranched alkanes of at least 4 members (excludes halogenated alkanes) is 16. The van der Waals surface area contributed by atoms with Gasteiger partial charge in [0.1, 0.15) is 5.69 Å². The summed E-state index contributed by atoms with van der Waals surface area (Å²) in [5, 5.41) is 18.4. The first-order chi connectivity index (χ1) is 18.0. The lowest BCUT2D eigenvalue weighted by Crippen LogP contribution is -2.22. The molecular formula is C31H62N3O2P. The first-order valence-corrected chi connectivity index (χ1v) is 18.5. The van der Waals surface area contributed by atoms with Crippen LogP contribution in [0.3, 0.4) is 0 Å². The third kappa shape index (κ3) is 21.6. The number of hydrogen-bond acceptors (Lipinski definition) is 4. The molecule has 0 aliphatic carbocycles. The number of rotatable bonds is 25. The van der Waals surface area contributed by atoms with Gasteiger partial charge < -0.3 is 9.90 Å². The summed E-state index contributed by atoms with van der Waals surface area (Å²) in [7, 11) is -0.683. The van der Waals surface area contributed by atoms with E-state index in [1.54, 1.807) is 50.3 Å². The van der Waals surface area contributed by atoms with Gasteiger partial charge in [-0.1, -0.05) is 105 Å². The second-order valence-electron chi connectivity index (χ2n) is 11.0. The number of nitrogens with one attached hydrogen (secondary N) is 1. The van der Waals surface area contributed by atoms with Crippen LogP contribution in [0.5, 0.6) is 0 Å². The Morgan fingerprint density at radius 2 is 0.946 bits per heavy atom. The summed E-state index contributed by atoms with van der Waals surface area (Å²) in [6, 6.07) is 0. The van der Waals surface area contributed by atoms with Crippen molar-refractivity contribution in [2.75, 3.05) is 24.6 Å². The van der Waals surface area contributed by atoms with E-state index in [0.717, 1.165) is 6.20 Å². The van der Waals surface area contributed by atoms with E-state index < -0.39 is 13.2 Å². The van der Waals surface area contributed by atoms with Crippen molar-refractivity contribution in [1.82, 2.24) is 15.4 Å². The van der Waals surface area contributed by atoms with Crippen LogP contribution in [-0.4, -0.2) is 46.0 Å². The van der Waals surface area contributed by atoms with Gasteiger partial charge in [-0.3, -0.25) is 0 Å². The van der Waals surface area contributed by atoms with E-state index in [1.165, 1.54) is 103 Å². The highest BCUT2D eigenvalue weighted by atomic mass is 31.2. The minimum Gasteiger partial charge on any atom is -0.543 e. The highest BCUT2D eigenvalue weighted by molar-refractivity contribution is 7.75. The minimum absolute atomic E-state index is 0.176. The number of carbonyl (C=O) groups excluding carboxylic acids is 1. The van der Waals surface area contributed by atoms with E-state index in [9.17, 15) is 9.90 Å². The van der Waals surface area contributed by atoms with Crippen LogP contribution in [0.4, 0.5) is 0 Å². The topological polar surface area (TPSA) is 81.7 Å². The van der Waals surface area contributed by atoms with Crippen LogP contribution in [0, 0.1) is 0 Å². The molecule has 1 aromatic heterocycles. The molecule has 1 N–H and O–H groups in total. The van der Waals surface area contributed by atoms with Crippen LogP contribution < -0.4 is 5.11 Å². The Morgan fingerprint density at radius 3 is 1.22 bits per heavy atom. The van der Waals surface area contributed by atoms with Crippen molar-refractivity contribution in [3.8, 4) is 0 Å². The summed E-state index contributed by atoms with van der Waals surface area (Å²) in [5.41, 5.74) is -0.176. The molecule has 1 aromatic rings. The first-order valence-electron chi connectivity index (χ1n) is 16.0. The molecule has 0 fully saturated rings. The van der Waals surface area contributed by atoms with E-state index in [2.05, 4.69) is 43.1 Å². The predicted molar refractivity (Wildman–Crippen MR) is 162 cm³/mol. The minimum atomic E-state index is -1.32. The number of carboxylic acid groups (broad SMARTS) is 1. The summed E-state index contributed by atoms with van der Waals surface area (Å²) in [6.07, 6.45) is 37.2. The Morgan fingerprint density at radius 1 is 0.622 bits per heavy atom. The van der Waals surface area contributed by atoms with E-state index in [1.807, 2.05) is 0 Å². The van der Waals surface area contributed by atoms with E-state index in [4.69, 9.17) is 0 Å². The fraction of sp³-hybridized carbons (Fsp3) is 0.903. The lowest BCUT2D eigenvalue weighted by atomic mass is 10.1. The quantitative estimate of drug-likeness (QED) is 0.0992. The molecule has 0 saturated heterocycles. The monoisotopic (exact) mass is 539 g/mol. The molecule has 1 rings (SSSR count). The van der Waals surface area contributed by atoms with Crippen molar-refractivity contribution in [1.29, 1.82) is 0 Å². The third-order valence-electron chi connectivity index (χ3n) is 7.57. The Kier molecular flexibility index (Phi) is 25.9. The van der Waals surface area contributed by atoms with Crippen LogP contribution in [0.1, 0.15) is 167 Å². The normalized spacial score (nSPS) is 11.4. The van der Waals surface area contributed by atoms with Crippen molar-refractivity contribution >= 4 is 13.2 Å². The fourth-order valence-corrected chi connectivity index (χ4v) is 10.1. The van der Waals surface area contributed by atoms with E-state index in [0.29, 0.717) is 0 Å². The number of aromatic carboxylic acids is 1. The van der Waals surface area contributed by atoms with Crippen LogP contribution in [-0.2, 0) is 0 Å². The second kappa shape index (κ2) is 26.6. The molecule has 0 aromatic carbocycles. The Labute approximate surface area is 231 Å². The van der Waals surface area contributed by atoms with Crippen molar-refractivity contribution in [3.63, 3.8) is 0 Å². The molecule has 0 spiro atoms. The molecule has 0 aliphatic rings. The molecule has 0 unspecified atom stereocenters. The summed E-state index contributed by atoms with van der Waals surface area (Å²) in [4.78, 5) is 9.83. The zero-order valence-electron chi connectivity index (χ0n) is 25.2. The maximum Gasteiger partial charge on any atom is 0.128 e. The Balaban J connectivity index is 0.00000136. The number of nitrogens with zero attached hydrogens (tertiary/aromatic N) is 2. The average molecular weight is 540 g/mol. The van der Waals surface area contributed by atoms with Gasteiger partial charge in [0.15, 0.2) is 0 Å². The second-order valence-corrected chi connectivity index (χ2v) is 15.5. The fourth-order valence-electron chi connectivity index (χ4n) is 5.17. The predicted octanol–water partition coefficient (Wildman–Crippen LogP) is 9.05. The molecule has 0 radical (unpaired) electrons. The number of aromatic nitrogens is 3. The van der Waals surface area contributed by atoms with Crippen LogP contribution in [0.15, 0.2) is 6.20 Å². The van der Waals surface area contributed by atoms with Gasteiger partial charge in [-0.05, 0) is 51.4 Å². The van der Waals surface area contributed by atoms with Crippen molar-refractivity contribution in [2.45, 2.75) is 156 Å². The molecule has 0 saturated carbocycles. The number of carboxylic acids is 1. The zero-order chi connectivity index (χ0) is 27.5.